The van der Waals surface area contributed by atoms with E-state index in [2.05, 4.69) is 0 Å². The average Bonchev–Trinajstić information content (AvgIpc) is 2.34. The smallest absolute Gasteiger partial charge is 0.415 e. The van der Waals surface area contributed by atoms with Gasteiger partial charge in [0.05, 0.1) is 0 Å². The molecule has 0 aliphatic carbocycles. The third-order valence-corrected chi connectivity index (χ3v) is 2.72. The quantitative estimate of drug-likeness (QED) is 0.777. The Labute approximate surface area is 112 Å². The van der Waals surface area contributed by atoms with Crippen LogP contribution in [0.15, 0.2) is 30.3 Å². The van der Waals surface area contributed by atoms with Gasteiger partial charge in [-0.05, 0) is 12.5 Å². The Bertz CT molecular complexity index is 500. The largest absolute Gasteiger partial charge is 0.479 e. The van der Waals surface area contributed by atoms with Crippen molar-refractivity contribution < 1.29 is 27.9 Å². The number of aliphatic carboxylic acids is 1. The van der Waals surface area contributed by atoms with Gasteiger partial charge in [0.25, 0.3) is 0 Å². The van der Waals surface area contributed by atoms with Crippen LogP contribution in [0.5, 0.6) is 0 Å². The normalized spacial score (nSPS) is 16.1. The van der Waals surface area contributed by atoms with Crippen LogP contribution in [0.4, 0.5) is 13.2 Å². The van der Waals surface area contributed by atoms with Crippen molar-refractivity contribution in [1.29, 1.82) is 0 Å². The molecule has 0 bridgehead atoms. The maximum absolute atomic E-state index is 12.6. The van der Waals surface area contributed by atoms with E-state index in [9.17, 15) is 22.8 Å². The van der Waals surface area contributed by atoms with Gasteiger partial charge in [-0.15, -0.1) is 0 Å². The number of hydrogen-bond acceptors (Lipinski definition) is 3. The minimum Gasteiger partial charge on any atom is -0.479 e. The van der Waals surface area contributed by atoms with Crippen molar-refractivity contribution >= 4 is 11.9 Å². The molecule has 0 aromatic heterocycles. The lowest BCUT2D eigenvalue weighted by Gasteiger charge is -2.28. The molecule has 110 valence electrons. The van der Waals surface area contributed by atoms with Crippen molar-refractivity contribution in [1.82, 2.24) is 5.32 Å². The van der Waals surface area contributed by atoms with E-state index in [4.69, 9.17) is 10.8 Å². The van der Waals surface area contributed by atoms with Crippen LogP contribution in [0.1, 0.15) is 18.5 Å². The zero-order valence-corrected chi connectivity index (χ0v) is 10.4. The topological polar surface area (TPSA) is 92.4 Å². The molecule has 0 radical (unpaired) electrons. The summed E-state index contributed by atoms with van der Waals surface area (Å²) in [5, 5.41) is 10.8. The second kappa shape index (κ2) is 5.49. The summed E-state index contributed by atoms with van der Waals surface area (Å²) in [6.45, 7) is 0.478. The molecule has 1 aromatic rings. The number of carbonyl (C=O) groups excluding carboxylic acids is 1. The number of amides is 1. The molecule has 0 fully saturated rings. The summed E-state index contributed by atoms with van der Waals surface area (Å²) in [7, 11) is 0. The van der Waals surface area contributed by atoms with E-state index in [0.717, 1.165) is 0 Å². The van der Waals surface area contributed by atoms with Crippen molar-refractivity contribution in [3.63, 3.8) is 0 Å². The van der Waals surface area contributed by atoms with E-state index in [1.54, 1.807) is 11.4 Å². The molecule has 0 saturated heterocycles. The van der Waals surface area contributed by atoms with Crippen molar-refractivity contribution in [2.75, 3.05) is 0 Å². The van der Waals surface area contributed by atoms with Crippen LogP contribution in [-0.2, 0) is 9.59 Å². The maximum Gasteiger partial charge on any atom is 0.415 e. The lowest BCUT2D eigenvalue weighted by Crippen LogP contribution is -2.62. The minimum atomic E-state index is -4.99. The second-order valence-corrected chi connectivity index (χ2v) is 4.36. The molecule has 0 heterocycles. The fraction of sp³-hybridized carbons (Fsp3) is 0.333. The third-order valence-electron chi connectivity index (χ3n) is 2.72. The Morgan fingerprint density at radius 1 is 1.25 bits per heavy atom. The monoisotopic (exact) mass is 290 g/mol. The highest BCUT2D eigenvalue weighted by molar-refractivity contribution is 5.90. The molecule has 1 rings (SSSR count). The summed E-state index contributed by atoms with van der Waals surface area (Å²) in [4.78, 5) is 22.7. The standard InChI is InChI=1S/C12H13F3N2O3/c1-11(16,12(13,14)15)10(20)17-8(9(18)19)7-5-3-2-4-6-7/h2-6,8H,16H2,1H3,(H,17,20)(H,18,19)/t8-,11?/m1/s1. The number of rotatable bonds is 4. The minimum absolute atomic E-state index is 0.145. The van der Waals surface area contributed by atoms with Crippen molar-refractivity contribution in [2.45, 2.75) is 24.7 Å². The van der Waals surface area contributed by atoms with Gasteiger partial charge in [-0.25, -0.2) is 4.79 Å². The first-order chi connectivity index (χ1) is 9.07. The van der Waals surface area contributed by atoms with Crippen molar-refractivity contribution in [3.8, 4) is 0 Å². The summed E-state index contributed by atoms with van der Waals surface area (Å²) >= 11 is 0. The molecule has 0 aliphatic heterocycles. The highest BCUT2D eigenvalue weighted by atomic mass is 19.4. The van der Waals surface area contributed by atoms with Crippen LogP contribution in [0.3, 0.4) is 0 Å². The average molecular weight is 290 g/mol. The molecular weight excluding hydrogens is 277 g/mol. The lowest BCUT2D eigenvalue weighted by atomic mass is 10.00. The third kappa shape index (κ3) is 3.27. The van der Waals surface area contributed by atoms with Gasteiger partial charge in [-0.1, -0.05) is 30.3 Å². The van der Waals surface area contributed by atoms with Gasteiger partial charge in [0.1, 0.15) is 0 Å². The van der Waals surface area contributed by atoms with Gasteiger partial charge in [0.15, 0.2) is 11.6 Å². The number of carbonyl (C=O) groups is 2. The molecule has 4 N–H and O–H groups in total. The van der Waals surface area contributed by atoms with Crippen LogP contribution in [0, 0.1) is 0 Å². The highest BCUT2D eigenvalue weighted by Crippen LogP contribution is 2.28. The Kier molecular flexibility index (Phi) is 4.39. The van der Waals surface area contributed by atoms with Crippen LogP contribution < -0.4 is 11.1 Å². The number of benzene rings is 1. The summed E-state index contributed by atoms with van der Waals surface area (Å²) in [5.74, 6) is -3.09. The van der Waals surface area contributed by atoms with E-state index in [1.807, 2.05) is 0 Å². The van der Waals surface area contributed by atoms with Gasteiger partial charge in [-0.3, -0.25) is 4.79 Å². The molecule has 0 spiro atoms. The van der Waals surface area contributed by atoms with Crippen LogP contribution in [-0.4, -0.2) is 28.7 Å². The van der Waals surface area contributed by atoms with Gasteiger partial charge in [-0.2, -0.15) is 13.2 Å². The zero-order chi connectivity index (χ0) is 15.6. The van der Waals surface area contributed by atoms with Crippen LogP contribution >= 0.6 is 0 Å². The number of alkyl halides is 3. The number of carboxylic acid groups (broad SMARTS) is 1. The molecular formula is C12H13F3N2O3. The van der Waals surface area contributed by atoms with Crippen LogP contribution in [0.25, 0.3) is 0 Å². The van der Waals surface area contributed by atoms with E-state index in [1.165, 1.54) is 24.3 Å². The second-order valence-electron chi connectivity index (χ2n) is 4.36. The van der Waals surface area contributed by atoms with E-state index in [0.29, 0.717) is 6.92 Å². The number of carboxylic acids is 1. The van der Waals surface area contributed by atoms with Crippen molar-refractivity contribution in [2.24, 2.45) is 5.73 Å². The first-order valence-corrected chi connectivity index (χ1v) is 5.51. The Morgan fingerprint density at radius 3 is 2.15 bits per heavy atom. The fourth-order valence-corrected chi connectivity index (χ4v) is 1.34. The summed E-state index contributed by atoms with van der Waals surface area (Å²) < 4.78 is 37.8. The van der Waals surface area contributed by atoms with E-state index >= 15 is 0 Å². The maximum atomic E-state index is 12.6. The zero-order valence-electron chi connectivity index (χ0n) is 10.4. The number of halogens is 3. The van der Waals surface area contributed by atoms with E-state index < -0.39 is 29.6 Å². The van der Waals surface area contributed by atoms with E-state index in [-0.39, 0.29) is 5.56 Å². The molecule has 1 unspecified atom stereocenters. The van der Waals surface area contributed by atoms with Gasteiger partial charge < -0.3 is 16.2 Å². The Morgan fingerprint density at radius 2 is 1.75 bits per heavy atom. The molecule has 0 saturated carbocycles. The number of nitrogens with one attached hydrogen (secondary N) is 1. The Balaban J connectivity index is 2.99. The predicted molar refractivity (Wildman–Crippen MR) is 63.6 cm³/mol. The number of nitrogens with two attached hydrogens (primary N) is 1. The SMILES string of the molecule is CC(N)(C(=O)N[C@@H](C(=O)O)c1ccccc1)C(F)(F)F. The predicted octanol–water partition coefficient (Wildman–Crippen LogP) is 1.21. The molecule has 20 heavy (non-hydrogen) atoms. The van der Waals surface area contributed by atoms with Crippen LogP contribution in [0.2, 0.25) is 0 Å². The Hall–Kier alpha value is -2.09. The molecule has 2 atom stereocenters. The summed E-state index contributed by atoms with van der Waals surface area (Å²) in [5.41, 5.74) is 1.91. The highest BCUT2D eigenvalue weighted by Gasteiger charge is 2.54. The molecule has 5 nitrogen and oxygen atoms in total. The molecule has 1 aromatic carbocycles. The lowest BCUT2D eigenvalue weighted by molar-refractivity contribution is -0.188. The van der Waals surface area contributed by atoms with Crippen molar-refractivity contribution in [3.05, 3.63) is 35.9 Å². The molecule has 8 heteroatoms. The first kappa shape index (κ1) is 16.0. The molecule has 1 amide bonds. The molecule has 0 aliphatic rings. The summed E-state index contributed by atoms with van der Waals surface area (Å²) in [6, 6.07) is 5.76. The number of hydrogen-bond donors (Lipinski definition) is 3. The van der Waals surface area contributed by atoms with Gasteiger partial charge >= 0.3 is 12.1 Å². The fourth-order valence-electron chi connectivity index (χ4n) is 1.34. The first-order valence-electron chi connectivity index (χ1n) is 5.51. The summed E-state index contributed by atoms with van der Waals surface area (Å²) in [6.07, 6.45) is -4.99. The van der Waals surface area contributed by atoms with Gasteiger partial charge in [0, 0.05) is 0 Å². The van der Waals surface area contributed by atoms with Gasteiger partial charge in [0.2, 0.25) is 5.91 Å².